The topological polar surface area (TPSA) is 131 Å². The predicted octanol–water partition coefficient (Wildman–Crippen LogP) is 3.01. The molecule has 0 radical (unpaired) electrons. The van der Waals surface area contributed by atoms with Crippen LogP contribution in [0.1, 0.15) is 16.1 Å². The van der Waals surface area contributed by atoms with Gasteiger partial charge in [0.25, 0.3) is 11.8 Å². The van der Waals surface area contributed by atoms with E-state index in [-0.39, 0.29) is 18.1 Å². The molecule has 5 rings (SSSR count). The molecule has 3 N–H and O–H groups in total. The van der Waals surface area contributed by atoms with Crippen LogP contribution in [0.5, 0.6) is 0 Å². The van der Waals surface area contributed by atoms with E-state index in [1.165, 1.54) is 4.90 Å². The number of aromatic amines is 1. The van der Waals surface area contributed by atoms with Crippen LogP contribution in [0.25, 0.3) is 16.6 Å². The highest BCUT2D eigenvalue weighted by Gasteiger charge is 2.28. The molecule has 2 heterocycles. The van der Waals surface area contributed by atoms with Gasteiger partial charge in [0.1, 0.15) is 0 Å². The summed E-state index contributed by atoms with van der Waals surface area (Å²) in [6.45, 7) is -0.608. The van der Waals surface area contributed by atoms with E-state index in [9.17, 15) is 19.8 Å². The van der Waals surface area contributed by atoms with Crippen LogP contribution < -0.4 is 4.90 Å². The van der Waals surface area contributed by atoms with Crippen LogP contribution in [-0.2, 0) is 4.79 Å². The highest BCUT2D eigenvalue weighted by Crippen LogP contribution is 2.34. The first-order chi connectivity index (χ1) is 16.6. The number of H-pyrrole nitrogens is 1. The molecule has 2 aliphatic rings. The number of carbonyl (C=O) groups is 2. The molecule has 2 amide bonds. The average molecular weight is 455 g/mol. The molecule has 1 aliphatic heterocycles. The Balaban J connectivity index is 1.50. The molecule has 170 valence electrons. The highest BCUT2D eigenvalue weighted by molar-refractivity contribution is 6.12. The largest absolute Gasteiger partial charge is 0.394 e. The summed E-state index contributed by atoms with van der Waals surface area (Å²) in [5.74, 6) is -1.18. The number of carbonyl (C=O) groups excluding carboxylic acids is 2. The van der Waals surface area contributed by atoms with Crippen LogP contribution in [0, 0.1) is 5.92 Å². The van der Waals surface area contributed by atoms with Crippen LogP contribution in [0.4, 0.5) is 5.69 Å². The number of nitrogens with one attached hydrogen (secondary N) is 1. The summed E-state index contributed by atoms with van der Waals surface area (Å²) < 4.78 is 0. The number of rotatable bonds is 6. The lowest BCUT2D eigenvalue weighted by Crippen LogP contribution is -2.39. The van der Waals surface area contributed by atoms with Gasteiger partial charge in [-0.15, -0.1) is 10.2 Å². The minimum absolute atomic E-state index is 0.117. The number of para-hydroxylation sites is 1. The predicted molar refractivity (Wildman–Crippen MR) is 126 cm³/mol. The molecule has 0 fully saturated rings. The minimum atomic E-state index is -1.13. The molecule has 1 aliphatic carbocycles. The van der Waals surface area contributed by atoms with E-state index in [4.69, 9.17) is 0 Å². The molecule has 34 heavy (non-hydrogen) atoms. The van der Waals surface area contributed by atoms with Crippen molar-refractivity contribution in [3.8, 4) is 0 Å². The minimum Gasteiger partial charge on any atom is -0.394 e. The zero-order valence-electron chi connectivity index (χ0n) is 18.0. The lowest BCUT2D eigenvalue weighted by atomic mass is 9.89. The Morgan fingerprint density at radius 2 is 1.88 bits per heavy atom. The van der Waals surface area contributed by atoms with Gasteiger partial charge >= 0.3 is 0 Å². The molecule has 3 aromatic rings. The number of azo groups is 1. The molecule has 1 aromatic heterocycles. The number of aliphatic hydroxyl groups is 2. The maximum atomic E-state index is 13.4. The van der Waals surface area contributed by atoms with Gasteiger partial charge in [-0.2, -0.15) is 5.10 Å². The van der Waals surface area contributed by atoms with Crippen molar-refractivity contribution in [2.75, 3.05) is 18.1 Å². The van der Waals surface area contributed by atoms with E-state index < -0.39 is 24.5 Å². The SMILES string of the molecule is O=C1N=NC(c2ccc(N(CC(O)CO)C(=O)c3n[nH]c4ccccc34)cc2)=C2C=CC=CC12. The molecule has 9 heteroatoms. The lowest BCUT2D eigenvalue weighted by Gasteiger charge is -2.25. The summed E-state index contributed by atoms with van der Waals surface area (Å²) in [6.07, 6.45) is 6.16. The summed E-state index contributed by atoms with van der Waals surface area (Å²) in [4.78, 5) is 26.9. The first-order valence-electron chi connectivity index (χ1n) is 10.8. The Hall–Kier alpha value is -4.21. The maximum absolute atomic E-state index is 13.4. The van der Waals surface area contributed by atoms with Gasteiger partial charge in [-0.3, -0.25) is 14.7 Å². The molecule has 2 atom stereocenters. The molecule has 0 spiro atoms. The maximum Gasteiger partial charge on any atom is 0.279 e. The van der Waals surface area contributed by atoms with Crippen molar-refractivity contribution in [3.05, 3.63) is 89.7 Å². The van der Waals surface area contributed by atoms with E-state index in [2.05, 4.69) is 20.4 Å². The quantitative estimate of drug-likeness (QED) is 0.526. The van der Waals surface area contributed by atoms with Gasteiger partial charge in [0, 0.05) is 16.6 Å². The first-order valence-corrected chi connectivity index (χ1v) is 10.8. The van der Waals surface area contributed by atoms with Gasteiger partial charge in [0.15, 0.2) is 5.69 Å². The summed E-state index contributed by atoms with van der Waals surface area (Å²) in [7, 11) is 0. The summed E-state index contributed by atoms with van der Waals surface area (Å²) >= 11 is 0. The summed E-state index contributed by atoms with van der Waals surface area (Å²) in [5.41, 5.74) is 3.54. The van der Waals surface area contributed by atoms with E-state index >= 15 is 0 Å². The Morgan fingerprint density at radius 3 is 2.68 bits per heavy atom. The second kappa shape index (κ2) is 8.97. The van der Waals surface area contributed by atoms with E-state index in [1.54, 1.807) is 36.4 Å². The van der Waals surface area contributed by atoms with Gasteiger partial charge in [0.05, 0.1) is 36.4 Å². The number of hydrogen-bond acceptors (Lipinski definition) is 6. The van der Waals surface area contributed by atoms with Crippen LogP contribution in [-0.4, -0.2) is 51.5 Å². The molecule has 9 nitrogen and oxygen atoms in total. The van der Waals surface area contributed by atoms with Crippen molar-refractivity contribution in [2.24, 2.45) is 16.1 Å². The molecule has 0 saturated heterocycles. The smallest absolute Gasteiger partial charge is 0.279 e. The van der Waals surface area contributed by atoms with Gasteiger partial charge in [-0.25, -0.2) is 0 Å². The molecular formula is C25H21N5O4. The van der Waals surface area contributed by atoms with Crippen molar-refractivity contribution in [3.63, 3.8) is 0 Å². The Bertz CT molecular complexity index is 1380. The second-order valence-electron chi connectivity index (χ2n) is 7.98. The molecule has 2 unspecified atom stereocenters. The van der Waals surface area contributed by atoms with Gasteiger partial charge in [-0.05, 0) is 23.8 Å². The highest BCUT2D eigenvalue weighted by atomic mass is 16.3. The number of fused-ring (bicyclic) bond motifs is 2. The summed E-state index contributed by atoms with van der Waals surface area (Å²) in [5, 5.41) is 35.1. The van der Waals surface area contributed by atoms with Crippen molar-refractivity contribution in [2.45, 2.75) is 6.10 Å². The van der Waals surface area contributed by atoms with E-state index in [0.717, 1.165) is 16.7 Å². The van der Waals surface area contributed by atoms with Crippen molar-refractivity contribution < 1.29 is 19.8 Å². The van der Waals surface area contributed by atoms with Crippen LogP contribution in [0.3, 0.4) is 0 Å². The molecule has 2 aromatic carbocycles. The fourth-order valence-electron chi connectivity index (χ4n) is 4.05. The van der Waals surface area contributed by atoms with E-state index in [1.807, 2.05) is 36.4 Å². The number of hydrogen-bond donors (Lipinski definition) is 3. The van der Waals surface area contributed by atoms with Crippen molar-refractivity contribution in [1.82, 2.24) is 10.2 Å². The number of allylic oxidation sites excluding steroid dienone is 3. The number of benzene rings is 2. The molecular weight excluding hydrogens is 434 g/mol. The number of aliphatic hydroxyl groups excluding tert-OH is 2. The van der Waals surface area contributed by atoms with Crippen LogP contribution in [0.15, 0.2) is 88.6 Å². The normalized spacial score (nSPS) is 17.8. The van der Waals surface area contributed by atoms with Crippen molar-refractivity contribution in [1.29, 1.82) is 0 Å². The van der Waals surface area contributed by atoms with Crippen LogP contribution >= 0.6 is 0 Å². The number of aromatic nitrogens is 2. The average Bonchev–Trinajstić information content (AvgIpc) is 3.32. The van der Waals surface area contributed by atoms with Gasteiger partial charge in [0.2, 0.25) is 0 Å². The van der Waals surface area contributed by atoms with Crippen molar-refractivity contribution >= 4 is 34.1 Å². The third-order valence-corrected chi connectivity index (χ3v) is 5.79. The third kappa shape index (κ3) is 3.87. The number of amides is 2. The second-order valence-corrected chi connectivity index (χ2v) is 7.98. The third-order valence-electron chi connectivity index (χ3n) is 5.79. The fraction of sp³-hybridized carbons (Fsp3) is 0.160. The monoisotopic (exact) mass is 455 g/mol. The molecule has 0 bridgehead atoms. The van der Waals surface area contributed by atoms with E-state index in [0.29, 0.717) is 16.8 Å². The van der Waals surface area contributed by atoms with Gasteiger partial charge in [-0.1, -0.05) is 54.6 Å². The zero-order chi connectivity index (χ0) is 23.7. The lowest BCUT2D eigenvalue weighted by molar-refractivity contribution is -0.119. The first kappa shape index (κ1) is 21.6. The Morgan fingerprint density at radius 1 is 1.09 bits per heavy atom. The zero-order valence-corrected chi connectivity index (χ0v) is 18.0. The standard InChI is InChI=1S/C25H21N5O4/c31-14-17(32)13-30(25(34)23-20-7-3-4-8-21(20)26-28-23)16-11-9-15(10-12-16)22-18-5-1-2-6-19(18)24(33)29-27-22/h1-12,17,19,31-32H,13-14H2,(H,26,28). The summed E-state index contributed by atoms with van der Waals surface area (Å²) in [6, 6.07) is 14.3. The fourth-order valence-corrected chi connectivity index (χ4v) is 4.05. The molecule has 0 saturated carbocycles. The Kier molecular flexibility index (Phi) is 5.70. The van der Waals surface area contributed by atoms with Gasteiger partial charge < -0.3 is 15.1 Å². The number of nitrogens with zero attached hydrogens (tertiary/aromatic N) is 4. The van der Waals surface area contributed by atoms with Crippen LogP contribution in [0.2, 0.25) is 0 Å². The Labute approximate surface area is 194 Å². The number of anilines is 1.